The third kappa shape index (κ3) is 2.74. The molecule has 1 N–H and O–H groups in total. The van der Waals surface area contributed by atoms with E-state index >= 15 is 0 Å². The van der Waals surface area contributed by atoms with Gasteiger partial charge in [-0.1, -0.05) is 12.8 Å². The molecule has 6 heteroatoms. The second-order valence-electron chi connectivity index (χ2n) is 7.02. The van der Waals surface area contributed by atoms with Gasteiger partial charge in [-0.3, -0.25) is 14.4 Å². The van der Waals surface area contributed by atoms with E-state index in [1.807, 2.05) is 23.6 Å². The fourth-order valence-corrected chi connectivity index (χ4v) is 4.39. The van der Waals surface area contributed by atoms with Crippen LogP contribution in [-0.4, -0.2) is 58.4 Å². The van der Waals surface area contributed by atoms with Gasteiger partial charge in [-0.2, -0.15) is 5.48 Å². The highest BCUT2D eigenvalue weighted by Crippen LogP contribution is 2.33. The highest BCUT2D eigenvalue weighted by Gasteiger charge is 2.46. The first kappa shape index (κ1) is 15.7. The van der Waals surface area contributed by atoms with Crippen LogP contribution in [0.25, 0.3) is 0 Å². The molecule has 2 amide bonds. The number of hydroxylamine groups is 1. The molecule has 0 aromatic rings. The summed E-state index contributed by atoms with van der Waals surface area (Å²) < 4.78 is 0. The first-order chi connectivity index (χ1) is 10.5. The lowest BCUT2D eigenvalue weighted by Crippen LogP contribution is -2.67. The number of carbonyl (C=O) groups excluding carboxylic acids is 2. The maximum Gasteiger partial charge on any atom is 0.242 e. The summed E-state index contributed by atoms with van der Waals surface area (Å²) in [4.78, 5) is 34.3. The second kappa shape index (κ2) is 6.16. The summed E-state index contributed by atoms with van der Waals surface area (Å²) in [5, 5.41) is 0. The van der Waals surface area contributed by atoms with Crippen molar-refractivity contribution in [2.45, 2.75) is 83.1 Å². The topological polar surface area (TPSA) is 61.9 Å². The van der Waals surface area contributed by atoms with Crippen LogP contribution < -0.4 is 5.48 Å². The van der Waals surface area contributed by atoms with Gasteiger partial charge in [-0.25, -0.2) is 0 Å². The molecule has 0 aromatic carbocycles. The van der Waals surface area contributed by atoms with Crippen LogP contribution in [-0.2, 0) is 14.4 Å². The molecular weight excluding hydrogens is 282 g/mol. The number of carbonyl (C=O) groups is 2. The van der Waals surface area contributed by atoms with E-state index in [2.05, 4.69) is 5.48 Å². The molecule has 5 atom stereocenters. The predicted octanol–water partition coefficient (Wildman–Crippen LogP) is 1.06. The van der Waals surface area contributed by atoms with Gasteiger partial charge >= 0.3 is 0 Å². The molecular formula is C16H27N3O3. The number of amides is 2. The number of nitrogens with zero attached hydrogens (tertiary/aromatic N) is 2. The molecule has 22 heavy (non-hydrogen) atoms. The molecule has 0 spiro atoms. The van der Waals surface area contributed by atoms with E-state index in [4.69, 9.17) is 4.84 Å². The molecule has 0 aromatic heterocycles. The van der Waals surface area contributed by atoms with E-state index in [0.29, 0.717) is 6.54 Å². The molecule has 2 saturated heterocycles. The minimum Gasteiger partial charge on any atom is -0.334 e. The molecule has 1 saturated carbocycles. The highest BCUT2D eigenvalue weighted by molar-refractivity contribution is 5.83. The quantitative estimate of drug-likeness (QED) is 0.787. The van der Waals surface area contributed by atoms with Gasteiger partial charge in [0.15, 0.2) is 0 Å². The van der Waals surface area contributed by atoms with E-state index in [0.717, 1.165) is 32.1 Å². The summed E-state index contributed by atoms with van der Waals surface area (Å²) in [6.07, 6.45) is 5.07. The Morgan fingerprint density at radius 2 is 1.82 bits per heavy atom. The molecule has 6 nitrogen and oxygen atoms in total. The number of nitrogens with one attached hydrogen (secondary N) is 1. The van der Waals surface area contributed by atoms with Crippen molar-refractivity contribution >= 4 is 11.8 Å². The van der Waals surface area contributed by atoms with Crippen LogP contribution in [0.1, 0.15) is 52.9 Å². The van der Waals surface area contributed by atoms with Crippen LogP contribution in [0.3, 0.4) is 0 Å². The third-order valence-electron chi connectivity index (χ3n) is 5.31. The number of hydrogen-bond donors (Lipinski definition) is 1. The molecule has 124 valence electrons. The largest absolute Gasteiger partial charge is 0.334 e. The SMILES string of the molecule is CC(=O)N1C2CCCCC2N(C(=O)C2CC(C)ON2)C[C@@H]1C. The Morgan fingerprint density at radius 1 is 1.14 bits per heavy atom. The van der Waals surface area contributed by atoms with E-state index in [-0.39, 0.29) is 42.1 Å². The summed E-state index contributed by atoms with van der Waals surface area (Å²) in [5.41, 5.74) is 2.88. The lowest BCUT2D eigenvalue weighted by Gasteiger charge is -2.53. The lowest BCUT2D eigenvalue weighted by molar-refractivity contribution is -0.154. The molecule has 4 unspecified atom stereocenters. The number of fused-ring (bicyclic) bond motifs is 1. The Hall–Kier alpha value is -1.14. The van der Waals surface area contributed by atoms with Gasteiger partial charge in [0.25, 0.3) is 0 Å². The van der Waals surface area contributed by atoms with E-state index in [1.165, 1.54) is 0 Å². The summed E-state index contributed by atoms with van der Waals surface area (Å²) in [6, 6.07) is 0.187. The Balaban J connectivity index is 1.79. The van der Waals surface area contributed by atoms with Crippen LogP contribution in [0, 0.1) is 0 Å². The highest BCUT2D eigenvalue weighted by atomic mass is 16.7. The average molecular weight is 309 g/mol. The maximum atomic E-state index is 12.9. The number of rotatable bonds is 1. The minimum atomic E-state index is -0.242. The van der Waals surface area contributed by atoms with Gasteiger partial charge in [0.1, 0.15) is 6.04 Å². The molecule has 2 heterocycles. The third-order valence-corrected chi connectivity index (χ3v) is 5.31. The van der Waals surface area contributed by atoms with Crippen molar-refractivity contribution in [1.82, 2.24) is 15.3 Å². The van der Waals surface area contributed by atoms with Crippen LogP contribution >= 0.6 is 0 Å². The molecule has 3 aliphatic rings. The van der Waals surface area contributed by atoms with Crippen LogP contribution in [0.2, 0.25) is 0 Å². The lowest BCUT2D eigenvalue weighted by atomic mass is 9.84. The van der Waals surface area contributed by atoms with Gasteiger partial charge in [-0.15, -0.1) is 0 Å². The Kier molecular flexibility index (Phi) is 4.41. The maximum absolute atomic E-state index is 12.9. The Morgan fingerprint density at radius 3 is 2.41 bits per heavy atom. The first-order valence-corrected chi connectivity index (χ1v) is 8.49. The fraction of sp³-hybridized carbons (Fsp3) is 0.875. The van der Waals surface area contributed by atoms with E-state index in [9.17, 15) is 9.59 Å². The van der Waals surface area contributed by atoms with Crippen molar-refractivity contribution in [3.8, 4) is 0 Å². The molecule has 3 rings (SSSR count). The molecule has 1 aliphatic carbocycles. The average Bonchev–Trinajstić information content (AvgIpc) is 2.91. The molecule has 0 radical (unpaired) electrons. The molecule has 3 fully saturated rings. The number of hydrogen-bond acceptors (Lipinski definition) is 4. The van der Waals surface area contributed by atoms with E-state index < -0.39 is 0 Å². The predicted molar refractivity (Wildman–Crippen MR) is 81.8 cm³/mol. The van der Waals surface area contributed by atoms with Gasteiger partial charge < -0.3 is 9.80 Å². The van der Waals surface area contributed by atoms with Crippen molar-refractivity contribution in [1.29, 1.82) is 0 Å². The zero-order valence-electron chi connectivity index (χ0n) is 13.7. The fourth-order valence-electron chi connectivity index (χ4n) is 4.39. The minimum absolute atomic E-state index is 0.0760. The van der Waals surface area contributed by atoms with Crippen LogP contribution in [0.4, 0.5) is 0 Å². The summed E-state index contributed by atoms with van der Waals surface area (Å²) in [5.74, 6) is 0.267. The van der Waals surface area contributed by atoms with Crippen molar-refractivity contribution in [3.05, 3.63) is 0 Å². The second-order valence-corrected chi connectivity index (χ2v) is 7.02. The van der Waals surface area contributed by atoms with Crippen molar-refractivity contribution in [3.63, 3.8) is 0 Å². The molecule has 2 aliphatic heterocycles. The Bertz CT molecular complexity index is 456. The van der Waals surface area contributed by atoms with Gasteiger partial charge in [0.2, 0.25) is 11.8 Å². The number of piperazine rings is 1. The summed E-state index contributed by atoms with van der Waals surface area (Å²) >= 11 is 0. The van der Waals surface area contributed by atoms with Gasteiger partial charge in [0.05, 0.1) is 18.2 Å². The summed E-state index contributed by atoms with van der Waals surface area (Å²) in [7, 11) is 0. The Labute approximate surface area is 132 Å². The first-order valence-electron chi connectivity index (χ1n) is 8.49. The smallest absolute Gasteiger partial charge is 0.242 e. The van der Waals surface area contributed by atoms with Crippen LogP contribution in [0.15, 0.2) is 0 Å². The van der Waals surface area contributed by atoms with Gasteiger partial charge in [-0.05, 0) is 26.7 Å². The van der Waals surface area contributed by atoms with Crippen LogP contribution in [0.5, 0.6) is 0 Å². The van der Waals surface area contributed by atoms with Gasteiger partial charge in [0, 0.05) is 25.9 Å². The zero-order chi connectivity index (χ0) is 15.9. The van der Waals surface area contributed by atoms with Crippen molar-refractivity contribution < 1.29 is 14.4 Å². The standard InChI is InChI=1S/C16H27N3O3/c1-10-9-18(16(21)13-8-11(2)22-17-13)14-6-4-5-7-15(14)19(10)12(3)20/h10-11,13-15,17H,4-9H2,1-3H3/t10-,11?,13?,14?,15?/m0/s1. The zero-order valence-corrected chi connectivity index (χ0v) is 13.7. The summed E-state index contributed by atoms with van der Waals surface area (Å²) in [6.45, 7) is 6.30. The van der Waals surface area contributed by atoms with Crippen molar-refractivity contribution in [2.24, 2.45) is 0 Å². The molecule has 0 bridgehead atoms. The van der Waals surface area contributed by atoms with E-state index in [1.54, 1.807) is 6.92 Å². The van der Waals surface area contributed by atoms with Crippen molar-refractivity contribution in [2.75, 3.05) is 6.54 Å². The monoisotopic (exact) mass is 309 g/mol. The normalized spacial score (nSPS) is 38.8.